The van der Waals surface area contributed by atoms with E-state index in [0.29, 0.717) is 11.4 Å². The van der Waals surface area contributed by atoms with E-state index in [9.17, 15) is 13.2 Å². The number of pyridine rings is 3. The number of halogens is 9. The van der Waals surface area contributed by atoms with E-state index in [-0.39, 0.29) is 50.8 Å². The molecule has 0 unspecified atom stereocenters. The van der Waals surface area contributed by atoms with Crippen LogP contribution in [0.25, 0.3) is 0 Å². The summed E-state index contributed by atoms with van der Waals surface area (Å²) < 4.78 is 53.0. The summed E-state index contributed by atoms with van der Waals surface area (Å²) in [5.74, 6) is 0. The molecule has 0 saturated heterocycles. The summed E-state index contributed by atoms with van der Waals surface area (Å²) in [5, 5.41) is 0. The van der Waals surface area contributed by atoms with E-state index in [1.807, 2.05) is 82.4 Å². The number of aryl methyl sites for hydroxylation is 16. The maximum atomic E-state index is 13.9. The van der Waals surface area contributed by atoms with Crippen LogP contribution < -0.4 is 0 Å². The second kappa shape index (κ2) is 42.3. The van der Waals surface area contributed by atoms with Gasteiger partial charge in [0.05, 0.1) is 39.7 Å². The van der Waals surface area contributed by atoms with Crippen molar-refractivity contribution in [2.75, 3.05) is 0 Å². The molecule has 0 aliphatic heterocycles. The van der Waals surface area contributed by atoms with Gasteiger partial charge in [-0.3, -0.25) is 15.0 Å². The number of rotatable bonds is 12. The molecule has 3 heterocycles. The Balaban J connectivity index is 0.000000321. The van der Waals surface area contributed by atoms with E-state index in [1.165, 1.54) is 55.6 Å². The monoisotopic (exact) mass is 1690 g/mol. The SMILES string of the molecule is [CH2-][N+](=C(C)c1cc(C(F)(F)F)cc(C(C)=[N+]([CH2-])c2c(C)cccc2C)n1)c1c(C)cccc1C.[CH2-][N+](=C(C)c1cc(C)cc(C(C)=[N+]([CH2-])c2c(C)cc(C)cc2C)n1)c1c(C)cc(C)cc1C.[CH2-][N+](=C(C)c1cc(C)cc(C(C)=[N+]([CH2-])c2c(C)cccc2C)n1)c1c(C)cccc1C.[Cl][Fe][Cl].[Cl][Fe][Cl].[Cl][Fe][Cl]. The molecule has 21 heteroatoms. The molecule has 0 fully saturated rings. The Bertz CT molecular complexity index is 4490. The first-order chi connectivity index (χ1) is 50.1. The van der Waals surface area contributed by atoms with Gasteiger partial charge in [-0.25, -0.2) is 0 Å². The molecule has 0 N–H and O–H groups in total. The quantitative estimate of drug-likeness (QED) is 0.0530. The van der Waals surface area contributed by atoms with Gasteiger partial charge in [0.1, 0.15) is 68.4 Å². The van der Waals surface area contributed by atoms with Crippen LogP contribution in [-0.2, 0) is 45.6 Å². The van der Waals surface area contributed by atoms with Crippen molar-refractivity contribution in [3.05, 3.63) is 304 Å². The molecule has 576 valence electrons. The van der Waals surface area contributed by atoms with E-state index >= 15 is 0 Å². The first kappa shape index (κ1) is 92.5. The molecular formula is C86H100Cl6F3Fe3N9. The van der Waals surface area contributed by atoms with Crippen molar-refractivity contribution in [1.29, 1.82) is 0 Å². The molecule has 6 aromatic carbocycles. The molecule has 9 rings (SSSR count). The second-order valence-electron chi connectivity index (χ2n) is 26.6. The Kier molecular flexibility index (Phi) is 36.6. The summed E-state index contributed by atoms with van der Waals surface area (Å²) in [6.07, 6.45) is -4.53. The zero-order valence-corrected chi connectivity index (χ0v) is 73.3. The first-order valence-corrected chi connectivity index (χ1v) is 42.9. The van der Waals surface area contributed by atoms with Crippen molar-refractivity contribution < 1.29 is 80.0 Å². The minimum atomic E-state index is -4.53. The zero-order chi connectivity index (χ0) is 81.0. The minimum absolute atomic E-state index is 0.194. The Hall–Kier alpha value is -6.90. The maximum absolute atomic E-state index is 13.9. The van der Waals surface area contributed by atoms with Gasteiger partial charge in [-0.1, -0.05) is 108 Å². The number of hydrogen-bond acceptors (Lipinski definition) is 3. The predicted molar refractivity (Wildman–Crippen MR) is 438 cm³/mol. The molecule has 9 aromatic rings. The molecule has 0 spiro atoms. The van der Waals surface area contributed by atoms with E-state index in [2.05, 4.69) is 243 Å². The summed E-state index contributed by atoms with van der Waals surface area (Å²) in [4.78, 5) is 14.7. The van der Waals surface area contributed by atoms with Crippen LogP contribution in [-0.4, -0.2) is 76.7 Å². The third-order valence-corrected chi connectivity index (χ3v) is 18.4. The van der Waals surface area contributed by atoms with Crippen LogP contribution in [0.3, 0.4) is 0 Å². The van der Waals surface area contributed by atoms with Crippen LogP contribution in [0.4, 0.5) is 47.3 Å². The first-order valence-electron chi connectivity index (χ1n) is 33.8. The molecular weight excluding hydrogens is 1600 g/mol. The topological polar surface area (TPSA) is 56.7 Å². The average molecular weight is 1700 g/mol. The van der Waals surface area contributed by atoms with Crippen molar-refractivity contribution in [2.45, 2.75) is 158 Å². The van der Waals surface area contributed by atoms with E-state index in [0.717, 1.165) is 125 Å². The molecule has 0 amide bonds. The van der Waals surface area contributed by atoms with Crippen LogP contribution in [0.2, 0.25) is 0 Å². The van der Waals surface area contributed by atoms with Gasteiger partial charge < -0.3 is 27.5 Å². The van der Waals surface area contributed by atoms with Crippen LogP contribution in [0, 0.1) is 153 Å². The van der Waals surface area contributed by atoms with Crippen LogP contribution in [0.15, 0.2) is 133 Å². The fourth-order valence-electron chi connectivity index (χ4n) is 13.1. The zero-order valence-electron chi connectivity index (χ0n) is 65.4. The standard InChI is InChI=1S/C30H37N3.C28H30F3N3.C28H33N3.6ClH.3Fe/c1-18-12-21(4)29(22(5)13-18)32(10)25(8)27-16-20(3)17-28(31-27)26(9)33(11)30-23(6)14-19(2)15-24(30)7;1-17-11-9-12-18(2)26(17)33(7)21(5)24-15-23(28(29,30)31)16-25(32-24)22(6)34(8)27-19(3)13-10-14-20(27)4;1-18-16-25(23(6)30(8)27-19(2)12-10-13-20(27)3)29-26(17-18)24(7)31(9)28-21(4)14-11-15-22(28)5;;;;;;;;;/h12-17H,10-11H2,1-9H3;9-16H,7-8H2,1-6H3;10-17H,8-9H2,1-7H3;6*1H;;;/q;;;;;;;;;3*+2/p-6. The van der Waals surface area contributed by atoms with Gasteiger partial charge in [-0.15, -0.1) is 0 Å². The number of aromatic nitrogens is 3. The number of nitrogens with zero attached hydrogens (tertiary/aromatic N) is 9. The number of hydrogen-bond donors (Lipinski definition) is 0. The molecule has 0 bridgehead atoms. The summed E-state index contributed by atoms with van der Waals surface area (Å²) in [5.41, 5.74) is 33.0. The van der Waals surface area contributed by atoms with Gasteiger partial charge in [0, 0.05) is 42.3 Å². The summed E-state index contributed by atoms with van der Waals surface area (Å²) in [7, 11) is 54.3. The third kappa shape index (κ3) is 24.5. The Morgan fingerprint density at radius 3 is 0.570 bits per heavy atom. The Morgan fingerprint density at radius 1 is 0.271 bits per heavy atom. The third-order valence-electron chi connectivity index (χ3n) is 18.4. The molecule has 3 aromatic heterocycles. The molecule has 0 aliphatic rings. The molecule has 0 aliphatic carbocycles. The van der Waals surface area contributed by atoms with E-state index in [1.54, 1.807) is 23.0 Å². The van der Waals surface area contributed by atoms with Gasteiger partial charge in [-0.05, 0) is 267 Å². The van der Waals surface area contributed by atoms with Crippen LogP contribution >= 0.6 is 60.6 Å². The summed E-state index contributed by atoms with van der Waals surface area (Å²) >= 11 is 0.583. The van der Waals surface area contributed by atoms with Crippen molar-refractivity contribution >= 4 is 129 Å². The Labute approximate surface area is 681 Å². The fourth-order valence-corrected chi connectivity index (χ4v) is 13.1. The summed E-state index contributed by atoms with van der Waals surface area (Å²) in [6.45, 7) is 45.1. The predicted octanol–water partition coefficient (Wildman–Crippen LogP) is 25.0. The number of alkyl halides is 3. The number of para-hydroxylation sites is 4. The van der Waals surface area contributed by atoms with Crippen LogP contribution in [0.1, 0.15) is 170 Å². The summed E-state index contributed by atoms with van der Waals surface area (Å²) in [6, 6.07) is 43.7. The van der Waals surface area contributed by atoms with E-state index in [4.69, 9.17) is 70.6 Å². The Morgan fingerprint density at radius 2 is 0.411 bits per heavy atom. The van der Waals surface area contributed by atoms with Crippen molar-refractivity contribution in [1.82, 2.24) is 15.0 Å². The molecule has 0 saturated carbocycles. The molecule has 9 nitrogen and oxygen atoms in total. The van der Waals surface area contributed by atoms with Gasteiger partial charge in [-0.2, -0.15) is 13.2 Å². The van der Waals surface area contributed by atoms with Gasteiger partial charge in [0.2, 0.25) is 0 Å². The van der Waals surface area contributed by atoms with Gasteiger partial charge >= 0.3 is 106 Å². The average Bonchev–Trinajstić information content (AvgIpc) is 0.796. The van der Waals surface area contributed by atoms with Crippen molar-refractivity contribution in [3.63, 3.8) is 0 Å². The second-order valence-corrected chi connectivity index (χ2v) is 32.1. The van der Waals surface area contributed by atoms with Gasteiger partial charge in [0.25, 0.3) is 0 Å². The molecule has 0 radical (unpaired) electrons. The van der Waals surface area contributed by atoms with Crippen molar-refractivity contribution in [2.24, 2.45) is 0 Å². The molecule has 0 atom stereocenters. The molecule has 107 heavy (non-hydrogen) atoms. The van der Waals surface area contributed by atoms with E-state index < -0.39 is 11.7 Å². The van der Waals surface area contributed by atoms with Crippen LogP contribution in [0.5, 0.6) is 0 Å². The fraction of sp³-hybridized carbons (Fsp3) is 0.267. The van der Waals surface area contributed by atoms with Crippen molar-refractivity contribution in [3.8, 4) is 0 Å². The normalized spacial score (nSPS) is 12.7. The number of benzene rings is 6. The van der Waals surface area contributed by atoms with Gasteiger partial charge in [0.15, 0.2) is 0 Å².